The highest BCUT2D eigenvalue weighted by Gasteiger charge is 2.40. The number of hydrogen-bond acceptors (Lipinski definition) is 6. The molecule has 1 fully saturated rings. The number of nitrogens with one attached hydrogen (secondary N) is 1. The van der Waals surface area contributed by atoms with Crippen LogP contribution in [0.3, 0.4) is 0 Å². The van der Waals surface area contributed by atoms with E-state index in [1.807, 2.05) is 11.8 Å². The number of rotatable bonds is 23. The summed E-state index contributed by atoms with van der Waals surface area (Å²) in [6, 6.07) is 6.38. The second-order valence-electron chi connectivity index (χ2n) is 11.8. The summed E-state index contributed by atoms with van der Waals surface area (Å²) in [5.74, 6) is -2.30. The molecule has 46 heavy (non-hydrogen) atoms. The number of carbonyl (C=O) groups excluding carboxylic acids is 2. The van der Waals surface area contributed by atoms with Gasteiger partial charge in [-0.25, -0.2) is 0 Å². The molecule has 256 valence electrons. The lowest BCUT2D eigenvalue weighted by Crippen LogP contribution is -2.43. The Morgan fingerprint density at radius 1 is 0.826 bits per heavy atom. The second-order valence-corrected chi connectivity index (χ2v) is 12.9. The van der Waals surface area contributed by atoms with Gasteiger partial charge in [-0.1, -0.05) is 101 Å². The largest absolute Gasteiger partial charge is 0.481 e. The summed E-state index contributed by atoms with van der Waals surface area (Å²) >= 11 is 1.24. The summed E-state index contributed by atoms with van der Waals surface area (Å²) in [7, 11) is 0. The molecule has 0 aromatic heterocycles. The zero-order valence-corrected chi connectivity index (χ0v) is 28.4. The Bertz CT molecular complexity index is 1170. The summed E-state index contributed by atoms with van der Waals surface area (Å²) < 4.78 is 0. The van der Waals surface area contributed by atoms with Gasteiger partial charge in [0.2, 0.25) is 5.91 Å². The molecule has 1 aliphatic heterocycles. The number of unbranched alkanes of at least 4 members (excludes halogenated alkanes) is 11. The second kappa shape index (κ2) is 22.2. The van der Waals surface area contributed by atoms with Gasteiger partial charge < -0.3 is 26.2 Å². The van der Waals surface area contributed by atoms with E-state index < -0.39 is 23.1 Å². The molecule has 0 spiro atoms. The van der Waals surface area contributed by atoms with Crippen molar-refractivity contribution in [1.82, 2.24) is 10.2 Å². The van der Waals surface area contributed by atoms with Crippen LogP contribution in [0.4, 0.5) is 0 Å². The zero-order chi connectivity index (χ0) is 33.7. The van der Waals surface area contributed by atoms with E-state index >= 15 is 0 Å². The number of carboxylic acids is 2. The van der Waals surface area contributed by atoms with E-state index in [1.165, 1.54) is 69.5 Å². The maximum atomic E-state index is 13.2. The molecule has 1 aliphatic rings. The molecule has 1 aromatic rings. The molecule has 1 saturated heterocycles. The fourth-order valence-electron chi connectivity index (χ4n) is 5.25. The summed E-state index contributed by atoms with van der Waals surface area (Å²) in [5, 5.41) is 20.4. The Kier molecular flexibility index (Phi) is 18.7. The van der Waals surface area contributed by atoms with E-state index in [2.05, 4.69) is 22.2 Å². The molecular formula is C34H53N5O6S. The van der Waals surface area contributed by atoms with Gasteiger partial charge in [-0.05, 0) is 31.9 Å². The predicted molar refractivity (Wildman–Crippen MR) is 185 cm³/mol. The van der Waals surface area contributed by atoms with E-state index in [0.29, 0.717) is 35.8 Å². The molecule has 5 N–H and O–H groups in total. The predicted octanol–water partition coefficient (Wildman–Crippen LogP) is 5.85. The van der Waals surface area contributed by atoms with Gasteiger partial charge in [-0.2, -0.15) is 4.99 Å². The molecule has 1 aromatic carbocycles. The van der Waals surface area contributed by atoms with Crippen LogP contribution >= 0.6 is 11.8 Å². The number of carboxylic acid groups (broad SMARTS) is 2. The lowest BCUT2D eigenvalue weighted by molar-refractivity contribution is -0.138. The van der Waals surface area contributed by atoms with Crippen LogP contribution in [-0.2, 0) is 14.4 Å². The molecule has 0 radical (unpaired) electrons. The van der Waals surface area contributed by atoms with Crippen molar-refractivity contribution < 1.29 is 29.4 Å². The summed E-state index contributed by atoms with van der Waals surface area (Å²) in [6.45, 7) is 5.19. The first-order valence-electron chi connectivity index (χ1n) is 16.8. The number of thioether (sulfide) groups is 1. The zero-order valence-electron chi connectivity index (χ0n) is 27.5. The lowest BCUT2D eigenvalue weighted by Gasteiger charge is -2.25. The van der Waals surface area contributed by atoms with E-state index in [4.69, 9.17) is 15.9 Å². The van der Waals surface area contributed by atoms with Crippen LogP contribution in [0.25, 0.3) is 0 Å². The third-order valence-electron chi connectivity index (χ3n) is 8.01. The molecule has 1 heterocycles. The van der Waals surface area contributed by atoms with Gasteiger partial charge in [0, 0.05) is 43.2 Å². The van der Waals surface area contributed by atoms with Crippen LogP contribution in [-0.4, -0.2) is 80.8 Å². The monoisotopic (exact) mass is 659 g/mol. The number of carbonyl (C=O) groups is 4. The van der Waals surface area contributed by atoms with Crippen molar-refractivity contribution in [1.29, 1.82) is 0 Å². The van der Waals surface area contributed by atoms with Crippen LogP contribution in [0, 0.1) is 0 Å². The van der Waals surface area contributed by atoms with Gasteiger partial charge in [0.25, 0.3) is 5.91 Å². The molecule has 2 atom stereocenters. The van der Waals surface area contributed by atoms with Crippen molar-refractivity contribution in [2.45, 2.75) is 121 Å². The highest BCUT2D eigenvalue weighted by Crippen LogP contribution is 2.33. The Morgan fingerprint density at radius 3 is 1.93 bits per heavy atom. The van der Waals surface area contributed by atoms with Crippen molar-refractivity contribution in [3.8, 4) is 0 Å². The quantitative estimate of drug-likeness (QED) is 0.0638. The number of amidine groups is 2. The average molecular weight is 660 g/mol. The van der Waals surface area contributed by atoms with Crippen LogP contribution < -0.4 is 11.1 Å². The molecule has 2 unspecified atom stereocenters. The van der Waals surface area contributed by atoms with Crippen LogP contribution in [0.15, 0.2) is 34.3 Å². The molecule has 0 aliphatic carbocycles. The van der Waals surface area contributed by atoms with E-state index in [9.17, 15) is 19.2 Å². The molecule has 12 heteroatoms. The standard InChI is InChI=1S/C34H53N5O6S/c1-3-4-5-6-7-8-9-10-11-12-13-14-24-39-25(2)30(33(45)37-23-21-29(42)43)46-34(39)38-32(44)27-19-17-26(18-20-27)31(35)36-22-15-16-28(40)41/h17-20,25,30H,3-16,21-24H2,1-2H3,(H2,35,36)(H,37,45)(H,40,41)(H,42,43). The van der Waals surface area contributed by atoms with Gasteiger partial charge in [-0.15, -0.1) is 0 Å². The Labute approximate surface area is 277 Å². The minimum atomic E-state index is -0.980. The number of hydrogen-bond donors (Lipinski definition) is 4. The fourth-order valence-corrected chi connectivity index (χ4v) is 6.54. The maximum Gasteiger partial charge on any atom is 0.305 e. The number of nitrogens with zero attached hydrogens (tertiary/aromatic N) is 3. The minimum Gasteiger partial charge on any atom is -0.481 e. The summed E-state index contributed by atoms with van der Waals surface area (Å²) in [5.41, 5.74) is 7.01. The number of nitrogens with two attached hydrogens (primary N) is 1. The smallest absolute Gasteiger partial charge is 0.305 e. The van der Waals surface area contributed by atoms with Crippen LogP contribution in [0.1, 0.15) is 126 Å². The van der Waals surface area contributed by atoms with Crippen molar-refractivity contribution in [2.24, 2.45) is 15.7 Å². The molecule has 11 nitrogen and oxygen atoms in total. The van der Waals surface area contributed by atoms with Gasteiger partial charge >= 0.3 is 11.9 Å². The first kappa shape index (κ1) is 38.8. The maximum absolute atomic E-state index is 13.2. The normalized spacial score (nSPS) is 17.4. The molecule has 2 amide bonds. The minimum absolute atomic E-state index is 0.0162. The highest BCUT2D eigenvalue weighted by atomic mass is 32.2. The van der Waals surface area contributed by atoms with E-state index in [1.54, 1.807) is 24.3 Å². The van der Waals surface area contributed by atoms with Gasteiger partial charge in [-0.3, -0.25) is 24.2 Å². The number of aliphatic imine (C=N–C) groups is 2. The van der Waals surface area contributed by atoms with E-state index in [-0.39, 0.29) is 37.2 Å². The molecule has 2 rings (SSSR count). The Hall–Kier alpha value is -3.41. The SMILES string of the molecule is CCCCCCCCCCCCCCN1C(=NC(=O)c2ccc(C(N)=NCCCC(=O)O)cc2)SC(C(=O)NCCC(=O)O)C1C. The number of aliphatic carboxylic acids is 2. The lowest BCUT2D eigenvalue weighted by atomic mass is 10.1. The van der Waals surface area contributed by atoms with Crippen molar-refractivity contribution in [3.05, 3.63) is 35.4 Å². The van der Waals surface area contributed by atoms with Crippen LogP contribution in [0.2, 0.25) is 0 Å². The Morgan fingerprint density at radius 2 is 1.37 bits per heavy atom. The first-order chi connectivity index (χ1) is 22.1. The highest BCUT2D eigenvalue weighted by molar-refractivity contribution is 8.15. The van der Waals surface area contributed by atoms with Crippen molar-refractivity contribution in [3.63, 3.8) is 0 Å². The molecular weight excluding hydrogens is 606 g/mol. The first-order valence-corrected chi connectivity index (χ1v) is 17.7. The summed E-state index contributed by atoms with van der Waals surface area (Å²) in [6.07, 6.45) is 15.1. The third-order valence-corrected chi connectivity index (χ3v) is 9.41. The van der Waals surface area contributed by atoms with Crippen molar-refractivity contribution in [2.75, 3.05) is 19.6 Å². The molecule has 0 saturated carbocycles. The topological polar surface area (TPSA) is 175 Å². The number of benzene rings is 1. The molecule has 0 bridgehead atoms. The Balaban J connectivity index is 1.98. The average Bonchev–Trinajstić information content (AvgIpc) is 3.33. The third kappa shape index (κ3) is 14.8. The van der Waals surface area contributed by atoms with Crippen LogP contribution in [0.5, 0.6) is 0 Å². The van der Waals surface area contributed by atoms with Gasteiger partial charge in [0.05, 0.1) is 6.42 Å². The van der Waals surface area contributed by atoms with Gasteiger partial charge in [0.15, 0.2) is 5.17 Å². The number of amides is 2. The summed E-state index contributed by atoms with van der Waals surface area (Å²) in [4.78, 5) is 58.4. The van der Waals surface area contributed by atoms with Gasteiger partial charge in [0.1, 0.15) is 11.1 Å². The fraction of sp³-hybridized carbons (Fsp3) is 0.647. The van der Waals surface area contributed by atoms with E-state index in [0.717, 1.165) is 19.3 Å². The van der Waals surface area contributed by atoms with Crippen molar-refractivity contribution >= 4 is 46.5 Å².